The summed E-state index contributed by atoms with van der Waals surface area (Å²) in [7, 11) is 0. The van der Waals surface area contributed by atoms with Crippen molar-refractivity contribution >= 4 is 5.91 Å². The molecule has 1 saturated heterocycles. The second-order valence-corrected chi connectivity index (χ2v) is 6.73. The molecule has 22 heavy (non-hydrogen) atoms. The molecule has 1 amide bonds. The van der Waals surface area contributed by atoms with Crippen LogP contribution in [0.5, 0.6) is 0 Å². The van der Waals surface area contributed by atoms with E-state index in [2.05, 4.69) is 32.9 Å². The highest BCUT2D eigenvalue weighted by Crippen LogP contribution is 2.19. The van der Waals surface area contributed by atoms with Gasteiger partial charge in [0, 0.05) is 19.0 Å². The Kier molecular flexibility index (Phi) is 10.2. The Labute approximate surface area is 137 Å². The van der Waals surface area contributed by atoms with E-state index in [0.29, 0.717) is 19.1 Å². The second kappa shape index (κ2) is 11.7. The van der Waals surface area contributed by atoms with E-state index in [9.17, 15) is 4.79 Å². The lowest BCUT2D eigenvalue weighted by Gasteiger charge is -2.29. The van der Waals surface area contributed by atoms with E-state index in [-0.39, 0.29) is 5.92 Å². The Hall–Kier alpha value is -0.830. The summed E-state index contributed by atoms with van der Waals surface area (Å²) >= 11 is 0. The molecule has 3 nitrogen and oxygen atoms in total. The fraction of sp³-hybridized carbons (Fsp3) is 0.842. The van der Waals surface area contributed by atoms with Gasteiger partial charge in [-0.2, -0.15) is 0 Å². The van der Waals surface area contributed by atoms with Crippen LogP contribution in [0.1, 0.15) is 65.7 Å². The number of unbranched alkanes of at least 4 members (excludes halogenated alkanes) is 2. The third-order valence-corrected chi connectivity index (χ3v) is 4.63. The summed E-state index contributed by atoms with van der Waals surface area (Å²) in [5, 5.41) is 0. The van der Waals surface area contributed by atoms with Gasteiger partial charge < -0.3 is 9.64 Å². The van der Waals surface area contributed by atoms with Crippen molar-refractivity contribution < 1.29 is 9.53 Å². The van der Waals surface area contributed by atoms with Crippen LogP contribution < -0.4 is 0 Å². The van der Waals surface area contributed by atoms with Crippen molar-refractivity contribution in [3.05, 3.63) is 12.2 Å². The summed E-state index contributed by atoms with van der Waals surface area (Å²) in [4.78, 5) is 14.3. The highest BCUT2D eigenvalue weighted by Gasteiger charge is 2.22. The molecule has 1 heterocycles. The number of morpholine rings is 1. The van der Waals surface area contributed by atoms with Crippen molar-refractivity contribution in [2.24, 2.45) is 11.8 Å². The van der Waals surface area contributed by atoms with Crippen LogP contribution in [-0.4, -0.2) is 37.1 Å². The zero-order valence-electron chi connectivity index (χ0n) is 14.9. The molecule has 0 bridgehead atoms. The smallest absolute Gasteiger partial charge is 0.225 e. The number of carbonyl (C=O) groups excluding carboxylic acids is 1. The highest BCUT2D eigenvalue weighted by molar-refractivity contribution is 5.78. The van der Waals surface area contributed by atoms with Gasteiger partial charge in [0.2, 0.25) is 5.91 Å². The molecule has 2 atom stereocenters. The van der Waals surface area contributed by atoms with Crippen molar-refractivity contribution in [3.63, 3.8) is 0 Å². The zero-order valence-corrected chi connectivity index (χ0v) is 14.9. The van der Waals surface area contributed by atoms with Gasteiger partial charge in [0.25, 0.3) is 0 Å². The van der Waals surface area contributed by atoms with Crippen LogP contribution in [0.3, 0.4) is 0 Å². The Morgan fingerprint density at radius 3 is 2.45 bits per heavy atom. The third kappa shape index (κ3) is 7.98. The topological polar surface area (TPSA) is 29.5 Å². The van der Waals surface area contributed by atoms with Gasteiger partial charge in [-0.3, -0.25) is 4.79 Å². The standard InChI is InChI=1S/C19H35NO2/c1-4-5-6-7-8-10-17(2)11-9-12-18(3)19(21)20-13-15-22-16-14-20/h4-5,17-18H,6-16H2,1-3H3/b5-4+. The predicted molar refractivity (Wildman–Crippen MR) is 92.9 cm³/mol. The number of ether oxygens (including phenoxy) is 1. The van der Waals surface area contributed by atoms with Gasteiger partial charge in [0.15, 0.2) is 0 Å². The summed E-state index contributed by atoms with van der Waals surface area (Å²) in [6, 6.07) is 0. The molecule has 0 aromatic rings. The molecule has 1 fully saturated rings. The molecule has 1 aliphatic heterocycles. The second-order valence-electron chi connectivity index (χ2n) is 6.73. The molecule has 0 aromatic carbocycles. The Morgan fingerprint density at radius 2 is 1.77 bits per heavy atom. The molecule has 2 unspecified atom stereocenters. The lowest BCUT2D eigenvalue weighted by Crippen LogP contribution is -2.43. The SMILES string of the molecule is C/C=C/CCCCC(C)CCCC(C)C(=O)N1CCOCC1. The molecular formula is C19H35NO2. The summed E-state index contributed by atoms with van der Waals surface area (Å²) in [6.07, 6.45) is 13.0. The molecule has 3 heteroatoms. The third-order valence-electron chi connectivity index (χ3n) is 4.63. The lowest BCUT2D eigenvalue weighted by molar-refractivity contribution is -0.139. The van der Waals surface area contributed by atoms with Crippen LogP contribution in [0.25, 0.3) is 0 Å². The van der Waals surface area contributed by atoms with E-state index >= 15 is 0 Å². The molecule has 0 radical (unpaired) electrons. The van der Waals surface area contributed by atoms with Crippen LogP contribution in [0.2, 0.25) is 0 Å². The van der Waals surface area contributed by atoms with Crippen LogP contribution in [0, 0.1) is 11.8 Å². The van der Waals surface area contributed by atoms with E-state index in [1.807, 2.05) is 4.90 Å². The van der Waals surface area contributed by atoms with Crippen molar-refractivity contribution in [1.29, 1.82) is 0 Å². The minimum atomic E-state index is 0.167. The van der Waals surface area contributed by atoms with Crippen molar-refractivity contribution in [2.75, 3.05) is 26.3 Å². The predicted octanol–water partition coefficient (Wildman–Crippen LogP) is 4.42. The zero-order chi connectivity index (χ0) is 16.2. The van der Waals surface area contributed by atoms with Gasteiger partial charge >= 0.3 is 0 Å². The van der Waals surface area contributed by atoms with Gasteiger partial charge in [-0.1, -0.05) is 51.7 Å². The number of carbonyl (C=O) groups is 1. The molecule has 0 saturated carbocycles. The van der Waals surface area contributed by atoms with Crippen molar-refractivity contribution in [1.82, 2.24) is 4.90 Å². The van der Waals surface area contributed by atoms with Crippen LogP contribution in [0.4, 0.5) is 0 Å². The molecule has 0 aromatic heterocycles. The fourth-order valence-electron chi connectivity index (χ4n) is 3.06. The number of allylic oxidation sites excluding steroid dienone is 2. The largest absolute Gasteiger partial charge is 0.378 e. The highest BCUT2D eigenvalue weighted by atomic mass is 16.5. The fourth-order valence-corrected chi connectivity index (χ4v) is 3.06. The van der Waals surface area contributed by atoms with Crippen LogP contribution in [0.15, 0.2) is 12.2 Å². The molecule has 0 aliphatic carbocycles. The number of rotatable bonds is 10. The lowest BCUT2D eigenvalue weighted by atomic mass is 9.94. The van der Waals surface area contributed by atoms with E-state index in [1.54, 1.807) is 0 Å². The first-order valence-electron chi connectivity index (χ1n) is 9.12. The van der Waals surface area contributed by atoms with Crippen LogP contribution >= 0.6 is 0 Å². The molecule has 1 aliphatic rings. The first-order valence-corrected chi connectivity index (χ1v) is 9.12. The number of hydrogen-bond donors (Lipinski definition) is 0. The van der Waals surface area contributed by atoms with Crippen LogP contribution in [-0.2, 0) is 9.53 Å². The average molecular weight is 309 g/mol. The van der Waals surface area contributed by atoms with Gasteiger partial charge in [0.1, 0.15) is 0 Å². The molecule has 0 spiro atoms. The van der Waals surface area contributed by atoms with E-state index in [1.165, 1.54) is 38.5 Å². The Bertz CT molecular complexity index is 321. The first-order chi connectivity index (χ1) is 10.6. The summed E-state index contributed by atoms with van der Waals surface area (Å²) in [5.74, 6) is 1.28. The minimum absolute atomic E-state index is 0.167. The van der Waals surface area contributed by atoms with Gasteiger partial charge in [-0.25, -0.2) is 0 Å². The summed E-state index contributed by atoms with van der Waals surface area (Å²) in [5.41, 5.74) is 0. The van der Waals surface area contributed by atoms with E-state index in [4.69, 9.17) is 4.74 Å². The first kappa shape index (κ1) is 19.2. The monoisotopic (exact) mass is 309 g/mol. The average Bonchev–Trinajstić information content (AvgIpc) is 2.54. The van der Waals surface area contributed by atoms with Crippen molar-refractivity contribution in [3.8, 4) is 0 Å². The molecule has 0 N–H and O–H groups in total. The maximum absolute atomic E-state index is 12.3. The molecule has 1 rings (SSSR count). The maximum Gasteiger partial charge on any atom is 0.225 e. The van der Waals surface area contributed by atoms with E-state index < -0.39 is 0 Å². The number of hydrogen-bond acceptors (Lipinski definition) is 2. The quantitative estimate of drug-likeness (QED) is 0.441. The molecule has 128 valence electrons. The summed E-state index contributed by atoms with van der Waals surface area (Å²) in [6.45, 7) is 9.45. The van der Waals surface area contributed by atoms with E-state index in [0.717, 1.165) is 25.4 Å². The maximum atomic E-state index is 12.3. The molecular weight excluding hydrogens is 274 g/mol. The Morgan fingerprint density at radius 1 is 1.09 bits per heavy atom. The normalized spacial score (nSPS) is 18.6. The number of amides is 1. The van der Waals surface area contributed by atoms with Gasteiger partial charge in [-0.05, 0) is 32.1 Å². The summed E-state index contributed by atoms with van der Waals surface area (Å²) < 4.78 is 5.31. The van der Waals surface area contributed by atoms with Gasteiger partial charge in [0.05, 0.1) is 13.2 Å². The Balaban J connectivity index is 2.07. The minimum Gasteiger partial charge on any atom is -0.378 e. The van der Waals surface area contributed by atoms with Gasteiger partial charge in [-0.15, -0.1) is 0 Å². The van der Waals surface area contributed by atoms with Crippen molar-refractivity contribution in [2.45, 2.75) is 65.7 Å². The number of nitrogens with zero attached hydrogens (tertiary/aromatic N) is 1.